The summed E-state index contributed by atoms with van der Waals surface area (Å²) in [5.74, 6) is 0.509. The van der Waals surface area contributed by atoms with Crippen molar-refractivity contribution in [2.45, 2.75) is 5.75 Å². The van der Waals surface area contributed by atoms with Crippen molar-refractivity contribution in [3.63, 3.8) is 0 Å². The van der Waals surface area contributed by atoms with Crippen LogP contribution in [0.2, 0.25) is 0 Å². The predicted molar refractivity (Wildman–Crippen MR) is 65.0 cm³/mol. The lowest BCUT2D eigenvalue weighted by molar-refractivity contribution is -0.114. The second-order valence-corrected chi connectivity index (χ2v) is 4.40. The molecule has 0 saturated carbocycles. The molecule has 1 aromatic rings. The average Bonchev–Trinajstić information content (AvgIpc) is 2.32. The Labute approximate surface area is 98.0 Å². The van der Waals surface area contributed by atoms with Crippen LogP contribution in [-0.2, 0) is 15.3 Å². The second-order valence-electron chi connectivity index (χ2n) is 3.38. The van der Waals surface area contributed by atoms with E-state index < -0.39 is 0 Å². The van der Waals surface area contributed by atoms with E-state index in [0.29, 0.717) is 10.7 Å². The molecule has 1 aromatic carbocycles. The van der Waals surface area contributed by atoms with Gasteiger partial charge in [0.2, 0.25) is 0 Å². The number of rotatable bonds is 3. The SMILES string of the molecule is O=C1C=CC(=O)C(SCc2ccccc2)=C1. The highest BCUT2D eigenvalue weighted by molar-refractivity contribution is 8.03. The summed E-state index contributed by atoms with van der Waals surface area (Å²) in [4.78, 5) is 23.1. The van der Waals surface area contributed by atoms with Gasteiger partial charge in [0.1, 0.15) is 0 Å². The highest BCUT2D eigenvalue weighted by Gasteiger charge is 2.13. The molecule has 1 aliphatic carbocycles. The molecule has 0 aromatic heterocycles. The third kappa shape index (κ3) is 2.70. The molecule has 0 spiro atoms. The van der Waals surface area contributed by atoms with Gasteiger partial charge in [0.05, 0.1) is 4.91 Å². The van der Waals surface area contributed by atoms with E-state index in [1.165, 1.54) is 30.0 Å². The van der Waals surface area contributed by atoms with E-state index in [4.69, 9.17) is 0 Å². The first kappa shape index (κ1) is 10.9. The Morgan fingerprint density at radius 2 is 1.75 bits per heavy atom. The lowest BCUT2D eigenvalue weighted by Crippen LogP contribution is -2.05. The standard InChI is InChI=1S/C13H10O2S/c14-11-6-7-12(15)13(8-11)16-9-10-4-2-1-3-5-10/h1-8H,9H2. The van der Waals surface area contributed by atoms with Crippen LogP contribution in [-0.4, -0.2) is 11.6 Å². The van der Waals surface area contributed by atoms with Crippen molar-refractivity contribution in [2.24, 2.45) is 0 Å². The monoisotopic (exact) mass is 230 g/mol. The molecule has 0 bridgehead atoms. The van der Waals surface area contributed by atoms with E-state index in [-0.39, 0.29) is 11.6 Å². The Morgan fingerprint density at radius 3 is 2.50 bits per heavy atom. The van der Waals surface area contributed by atoms with Gasteiger partial charge in [0, 0.05) is 11.8 Å². The molecule has 1 aliphatic rings. The molecule has 80 valence electrons. The van der Waals surface area contributed by atoms with Gasteiger partial charge in [-0.2, -0.15) is 0 Å². The highest BCUT2D eigenvalue weighted by atomic mass is 32.2. The summed E-state index contributed by atoms with van der Waals surface area (Å²) in [6, 6.07) is 9.86. The van der Waals surface area contributed by atoms with Crippen LogP contribution >= 0.6 is 11.8 Å². The van der Waals surface area contributed by atoms with Crippen molar-refractivity contribution in [1.82, 2.24) is 0 Å². The van der Waals surface area contributed by atoms with E-state index >= 15 is 0 Å². The number of allylic oxidation sites excluding steroid dienone is 4. The molecule has 0 saturated heterocycles. The molecule has 0 aliphatic heterocycles. The van der Waals surface area contributed by atoms with Gasteiger partial charge in [-0.25, -0.2) is 0 Å². The van der Waals surface area contributed by atoms with Crippen LogP contribution in [0.1, 0.15) is 5.56 Å². The first-order valence-electron chi connectivity index (χ1n) is 4.90. The van der Waals surface area contributed by atoms with Crippen molar-refractivity contribution in [1.29, 1.82) is 0 Å². The fourth-order valence-electron chi connectivity index (χ4n) is 1.34. The van der Waals surface area contributed by atoms with Gasteiger partial charge >= 0.3 is 0 Å². The molecule has 0 unspecified atom stereocenters. The second kappa shape index (κ2) is 4.94. The van der Waals surface area contributed by atoms with E-state index in [2.05, 4.69) is 0 Å². The number of thioether (sulfide) groups is 1. The van der Waals surface area contributed by atoms with Gasteiger partial charge in [-0.05, 0) is 17.7 Å². The van der Waals surface area contributed by atoms with Gasteiger partial charge in [0.15, 0.2) is 11.6 Å². The third-order valence-corrected chi connectivity index (χ3v) is 3.26. The molecule has 0 fully saturated rings. The van der Waals surface area contributed by atoms with Crippen LogP contribution in [0.5, 0.6) is 0 Å². The Hall–Kier alpha value is -1.61. The normalized spacial score (nSPS) is 15.1. The van der Waals surface area contributed by atoms with Gasteiger partial charge in [-0.15, -0.1) is 11.8 Å². The summed E-state index contributed by atoms with van der Waals surface area (Å²) in [5, 5.41) is 0. The number of hydrogen-bond donors (Lipinski definition) is 0. The maximum Gasteiger partial charge on any atom is 0.192 e. The third-order valence-electron chi connectivity index (χ3n) is 2.15. The number of hydrogen-bond acceptors (Lipinski definition) is 3. The zero-order chi connectivity index (χ0) is 11.4. The first-order chi connectivity index (χ1) is 7.75. The highest BCUT2D eigenvalue weighted by Crippen LogP contribution is 2.24. The van der Waals surface area contributed by atoms with Crippen LogP contribution in [0.4, 0.5) is 0 Å². The number of carbonyl (C=O) groups is 2. The summed E-state index contributed by atoms with van der Waals surface area (Å²) in [6.45, 7) is 0. The molecular formula is C13H10O2S. The lowest BCUT2D eigenvalue weighted by atomic mass is 10.2. The minimum Gasteiger partial charge on any atom is -0.290 e. The van der Waals surface area contributed by atoms with Crippen LogP contribution in [0.15, 0.2) is 53.5 Å². The number of benzene rings is 1. The van der Waals surface area contributed by atoms with Crippen molar-refractivity contribution < 1.29 is 9.59 Å². The summed E-state index contributed by atoms with van der Waals surface area (Å²) in [7, 11) is 0. The number of ketones is 2. The van der Waals surface area contributed by atoms with Gasteiger partial charge < -0.3 is 0 Å². The molecule has 0 atom stereocenters. The molecular weight excluding hydrogens is 220 g/mol. The quantitative estimate of drug-likeness (QED) is 0.748. The average molecular weight is 230 g/mol. The maximum atomic E-state index is 11.4. The molecule has 0 heterocycles. The van der Waals surface area contributed by atoms with Crippen LogP contribution in [0.3, 0.4) is 0 Å². The summed E-state index contributed by atoms with van der Waals surface area (Å²) in [6.07, 6.45) is 4.03. The molecule has 16 heavy (non-hydrogen) atoms. The molecule has 0 amide bonds. The summed E-state index contributed by atoms with van der Waals surface area (Å²) >= 11 is 1.40. The minimum absolute atomic E-state index is 0.0828. The van der Waals surface area contributed by atoms with Gasteiger partial charge in [-0.3, -0.25) is 9.59 Å². The smallest absolute Gasteiger partial charge is 0.192 e. The van der Waals surface area contributed by atoms with Crippen molar-refractivity contribution in [3.05, 3.63) is 59.0 Å². The van der Waals surface area contributed by atoms with E-state index in [1.54, 1.807) is 0 Å². The molecule has 3 heteroatoms. The fraction of sp³-hybridized carbons (Fsp3) is 0.0769. The van der Waals surface area contributed by atoms with E-state index in [1.807, 2.05) is 30.3 Å². The minimum atomic E-state index is -0.116. The maximum absolute atomic E-state index is 11.4. The fourth-order valence-corrected chi connectivity index (χ4v) is 2.26. The lowest BCUT2D eigenvalue weighted by Gasteiger charge is -2.06. The Kier molecular flexibility index (Phi) is 3.37. The molecule has 0 N–H and O–H groups in total. The topological polar surface area (TPSA) is 34.1 Å². The summed E-state index contributed by atoms with van der Waals surface area (Å²) < 4.78 is 0. The van der Waals surface area contributed by atoms with Gasteiger partial charge in [0.25, 0.3) is 0 Å². The Balaban J connectivity index is 2.01. The largest absolute Gasteiger partial charge is 0.290 e. The first-order valence-corrected chi connectivity index (χ1v) is 5.89. The van der Waals surface area contributed by atoms with Crippen LogP contribution in [0.25, 0.3) is 0 Å². The van der Waals surface area contributed by atoms with Crippen LogP contribution in [0, 0.1) is 0 Å². The molecule has 0 radical (unpaired) electrons. The molecule has 2 nitrogen and oxygen atoms in total. The zero-order valence-electron chi connectivity index (χ0n) is 8.55. The van der Waals surface area contributed by atoms with Crippen molar-refractivity contribution in [3.8, 4) is 0 Å². The van der Waals surface area contributed by atoms with E-state index in [9.17, 15) is 9.59 Å². The Bertz CT molecular complexity index is 472. The van der Waals surface area contributed by atoms with Crippen LogP contribution < -0.4 is 0 Å². The summed E-state index contributed by atoms with van der Waals surface area (Å²) in [5.41, 5.74) is 1.14. The molecule has 2 rings (SSSR count). The predicted octanol–water partition coefficient (Wildman–Crippen LogP) is 2.51. The van der Waals surface area contributed by atoms with E-state index in [0.717, 1.165) is 5.56 Å². The van der Waals surface area contributed by atoms with Crippen molar-refractivity contribution >= 4 is 23.3 Å². The van der Waals surface area contributed by atoms with Gasteiger partial charge in [-0.1, -0.05) is 30.3 Å². The zero-order valence-corrected chi connectivity index (χ0v) is 9.37. The Morgan fingerprint density at radius 1 is 1.00 bits per heavy atom. The number of carbonyl (C=O) groups excluding carboxylic acids is 2. The van der Waals surface area contributed by atoms with Crippen molar-refractivity contribution in [2.75, 3.05) is 0 Å².